The number of thiocarbonyl (C=S) groups is 1. The zero-order valence-electron chi connectivity index (χ0n) is 13.6. The van der Waals surface area contributed by atoms with Gasteiger partial charge in [0.1, 0.15) is 17.3 Å². The van der Waals surface area contributed by atoms with Crippen LogP contribution in [0.3, 0.4) is 0 Å². The summed E-state index contributed by atoms with van der Waals surface area (Å²) in [6.45, 7) is 4.69. The molecule has 3 N–H and O–H groups in total. The molecule has 0 radical (unpaired) electrons. The highest BCUT2D eigenvalue weighted by atomic mass is 32.1. The molecule has 2 rings (SSSR count). The molecule has 126 valence electrons. The smallest absolute Gasteiger partial charge is 0.251 e. The summed E-state index contributed by atoms with van der Waals surface area (Å²) in [6.07, 6.45) is 0. The zero-order valence-corrected chi connectivity index (χ0v) is 14.4. The number of aryl methyl sites for hydroxylation is 1. The number of ether oxygens (including phenoxy) is 1. The van der Waals surface area contributed by atoms with Crippen LogP contribution in [-0.4, -0.2) is 29.3 Å². The number of rotatable bonds is 6. The van der Waals surface area contributed by atoms with Gasteiger partial charge < -0.3 is 10.1 Å². The molecular formula is C18H20N2O3S. The number of hydrogen-bond acceptors (Lipinski definition) is 4. The molecule has 0 aliphatic heterocycles. The molecule has 0 aliphatic carbocycles. The largest absolute Gasteiger partial charge is 0.492 e. The third-order valence-corrected chi connectivity index (χ3v) is 4.05. The van der Waals surface area contributed by atoms with Crippen molar-refractivity contribution in [2.24, 2.45) is 0 Å². The van der Waals surface area contributed by atoms with Crippen molar-refractivity contribution in [1.82, 2.24) is 10.8 Å². The lowest BCUT2D eigenvalue weighted by Crippen LogP contribution is -2.28. The van der Waals surface area contributed by atoms with E-state index in [0.717, 1.165) is 11.1 Å². The van der Waals surface area contributed by atoms with Crippen molar-refractivity contribution in [3.05, 3.63) is 64.7 Å². The van der Waals surface area contributed by atoms with Gasteiger partial charge in [0.2, 0.25) is 0 Å². The van der Waals surface area contributed by atoms with Crippen molar-refractivity contribution < 1.29 is 14.7 Å². The van der Waals surface area contributed by atoms with E-state index in [1.165, 1.54) is 0 Å². The van der Waals surface area contributed by atoms with Gasteiger partial charge in [0, 0.05) is 11.1 Å². The molecule has 0 aliphatic rings. The molecule has 24 heavy (non-hydrogen) atoms. The molecule has 0 heterocycles. The molecule has 6 heteroatoms. The minimum Gasteiger partial charge on any atom is -0.492 e. The quantitative estimate of drug-likeness (QED) is 0.427. The SMILES string of the molecule is Cc1cccc(C(=O)NCCOc2ccc(C(=S)NO)cc2)c1C. The Kier molecular flexibility index (Phi) is 6.28. The average Bonchev–Trinajstić information content (AvgIpc) is 2.60. The number of carbonyl (C=O) groups is 1. The van der Waals surface area contributed by atoms with Gasteiger partial charge in [0.25, 0.3) is 5.91 Å². The molecular weight excluding hydrogens is 324 g/mol. The summed E-state index contributed by atoms with van der Waals surface area (Å²) in [5, 5.41) is 11.6. The van der Waals surface area contributed by atoms with E-state index in [9.17, 15) is 4.79 Å². The van der Waals surface area contributed by atoms with Crippen LogP contribution >= 0.6 is 12.2 Å². The second-order valence-electron chi connectivity index (χ2n) is 5.32. The fourth-order valence-corrected chi connectivity index (χ4v) is 2.33. The van der Waals surface area contributed by atoms with E-state index in [2.05, 4.69) is 5.32 Å². The lowest BCUT2D eigenvalue weighted by molar-refractivity contribution is 0.0946. The van der Waals surface area contributed by atoms with E-state index < -0.39 is 0 Å². The number of carbonyl (C=O) groups excluding carboxylic acids is 1. The molecule has 2 aromatic carbocycles. The first-order valence-corrected chi connectivity index (χ1v) is 7.95. The molecule has 5 nitrogen and oxygen atoms in total. The Balaban J connectivity index is 1.81. The van der Waals surface area contributed by atoms with Gasteiger partial charge in [0.05, 0.1) is 6.54 Å². The summed E-state index contributed by atoms with van der Waals surface area (Å²) in [5.41, 5.74) is 5.39. The minimum atomic E-state index is -0.102. The van der Waals surface area contributed by atoms with Crippen molar-refractivity contribution in [3.63, 3.8) is 0 Å². The van der Waals surface area contributed by atoms with Gasteiger partial charge in [-0.1, -0.05) is 24.4 Å². The summed E-state index contributed by atoms with van der Waals surface area (Å²) in [6, 6.07) is 12.7. The Bertz CT molecular complexity index is 730. The molecule has 0 bridgehead atoms. The summed E-state index contributed by atoms with van der Waals surface area (Å²) in [7, 11) is 0. The fourth-order valence-electron chi connectivity index (χ4n) is 2.19. The highest BCUT2D eigenvalue weighted by Crippen LogP contribution is 2.13. The van der Waals surface area contributed by atoms with E-state index in [1.807, 2.05) is 37.5 Å². The van der Waals surface area contributed by atoms with Gasteiger partial charge in [-0.3, -0.25) is 15.5 Å². The van der Waals surface area contributed by atoms with Crippen LogP contribution in [0.25, 0.3) is 0 Å². The molecule has 0 atom stereocenters. The zero-order chi connectivity index (χ0) is 17.5. The van der Waals surface area contributed by atoms with Crippen LogP contribution in [0.5, 0.6) is 5.75 Å². The summed E-state index contributed by atoms with van der Waals surface area (Å²) in [4.78, 5) is 12.4. The predicted molar refractivity (Wildman–Crippen MR) is 96.8 cm³/mol. The fraction of sp³-hybridized carbons (Fsp3) is 0.222. The number of benzene rings is 2. The average molecular weight is 344 g/mol. The molecule has 0 saturated heterocycles. The topological polar surface area (TPSA) is 70.6 Å². The first-order chi connectivity index (χ1) is 11.5. The molecule has 0 saturated carbocycles. The standard InChI is InChI=1S/C18H20N2O3S/c1-12-4-3-5-16(13(12)2)17(21)19-10-11-23-15-8-6-14(7-9-15)18(24)20-22/h3-9,22H,10-11H2,1-2H3,(H,19,21)(H,20,24). The molecule has 0 fully saturated rings. The summed E-state index contributed by atoms with van der Waals surface area (Å²) >= 11 is 4.92. The Hall–Kier alpha value is -2.44. The maximum absolute atomic E-state index is 12.2. The van der Waals surface area contributed by atoms with Gasteiger partial charge in [-0.05, 0) is 55.3 Å². The van der Waals surface area contributed by atoms with Gasteiger partial charge >= 0.3 is 0 Å². The van der Waals surface area contributed by atoms with Crippen LogP contribution in [0.15, 0.2) is 42.5 Å². The number of hydroxylamine groups is 1. The lowest BCUT2D eigenvalue weighted by atomic mass is 10.0. The van der Waals surface area contributed by atoms with Gasteiger partial charge in [-0.2, -0.15) is 0 Å². The van der Waals surface area contributed by atoms with Crippen LogP contribution in [0.1, 0.15) is 27.0 Å². The van der Waals surface area contributed by atoms with Crippen molar-refractivity contribution in [2.75, 3.05) is 13.2 Å². The van der Waals surface area contributed by atoms with E-state index in [4.69, 9.17) is 22.2 Å². The first kappa shape index (κ1) is 17.9. The number of hydrogen-bond donors (Lipinski definition) is 3. The van der Waals surface area contributed by atoms with Crippen molar-refractivity contribution in [3.8, 4) is 5.75 Å². The second-order valence-corrected chi connectivity index (χ2v) is 5.73. The third-order valence-electron chi connectivity index (χ3n) is 3.72. The Labute approximate surface area is 146 Å². The third kappa shape index (κ3) is 4.53. The van der Waals surface area contributed by atoms with Crippen molar-refractivity contribution >= 4 is 23.1 Å². The second kappa shape index (κ2) is 8.42. The maximum atomic E-state index is 12.2. The van der Waals surface area contributed by atoms with Crippen LogP contribution < -0.4 is 15.5 Å². The Morgan fingerprint density at radius 3 is 2.54 bits per heavy atom. The van der Waals surface area contributed by atoms with Crippen LogP contribution in [0, 0.1) is 13.8 Å². The molecule has 2 aromatic rings. The van der Waals surface area contributed by atoms with Crippen LogP contribution in [0.2, 0.25) is 0 Å². The van der Waals surface area contributed by atoms with Crippen molar-refractivity contribution in [1.29, 1.82) is 0 Å². The Morgan fingerprint density at radius 2 is 1.88 bits per heavy atom. The number of nitrogens with one attached hydrogen (secondary N) is 2. The van der Waals surface area contributed by atoms with E-state index in [1.54, 1.807) is 24.3 Å². The van der Waals surface area contributed by atoms with Crippen LogP contribution in [0.4, 0.5) is 0 Å². The molecule has 0 spiro atoms. The van der Waals surface area contributed by atoms with Gasteiger partial charge in [-0.15, -0.1) is 0 Å². The van der Waals surface area contributed by atoms with E-state index >= 15 is 0 Å². The number of amides is 1. The minimum absolute atomic E-state index is 0.102. The highest BCUT2D eigenvalue weighted by Gasteiger charge is 2.09. The van der Waals surface area contributed by atoms with E-state index in [0.29, 0.717) is 30.0 Å². The molecule has 0 aromatic heterocycles. The molecule has 0 unspecified atom stereocenters. The van der Waals surface area contributed by atoms with Gasteiger partial charge in [0.15, 0.2) is 0 Å². The van der Waals surface area contributed by atoms with Crippen molar-refractivity contribution in [2.45, 2.75) is 13.8 Å². The summed E-state index contributed by atoms with van der Waals surface area (Å²) < 4.78 is 5.57. The Morgan fingerprint density at radius 1 is 1.17 bits per heavy atom. The monoisotopic (exact) mass is 344 g/mol. The predicted octanol–water partition coefficient (Wildman–Crippen LogP) is 2.77. The normalized spacial score (nSPS) is 10.1. The molecule has 1 amide bonds. The van der Waals surface area contributed by atoms with Gasteiger partial charge in [-0.25, -0.2) is 0 Å². The van der Waals surface area contributed by atoms with E-state index in [-0.39, 0.29) is 10.9 Å². The maximum Gasteiger partial charge on any atom is 0.251 e. The lowest BCUT2D eigenvalue weighted by Gasteiger charge is -2.11. The first-order valence-electron chi connectivity index (χ1n) is 7.54. The highest BCUT2D eigenvalue weighted by molar-refractivity contribution is 7.80. The van der Waals surface area contributed by atoms with Crippen LogP contribution in [-0.2, 0) is 0 Å². The summed E-state index contributed by atoms with van der Waals surface area (Å²) in [5.74, 6) is 0.565.